The van der Waals surface area contributed by atoms with E-state index >= 15 is 0 Å². The summed E-state index contributed by atoms with van der Waals surface area (Å²) in [4.78, 5) is 17.2. The number of carbonyl (C=O) groups is 1. The van der Waals surface area contributed by atoms with Gasteiger partial charge in [0.1, 0.15) is 0 Å². The number of nitrogens with one attached hydrogen (secondary N) is 1. The Morgan fingerprint density at radius 3 is 2.82 bits per heavy atom. The number of amides is 1. The molecule has 4 rings (SSSR count). The first kappa shape index (κ1) is 19.4. The number of ether oxygens (including phenoxy) is 1. The molecule has 0 spiro atoms. The number of rotatable bonds is 4. The van der Waals surface area contributed by atoms with E-state index in [0.29, 0.717) is 23.0 Å². The second kappa shape index (κ2) is 7.81. The van der Waals surface area contributed by atoms with E-state index in [2.05, 4.69) is 10.3 Å². The molecule has 1 aromatic heterocycles. The molecule has 150 valence electrons. The van der Waals surface area contributed by atoms with Crippen LogP contribution in [0.5, 0.6) is 0 Å². The molecule has 1 amide bonds. The first-order valence-electron chi connectivity index (χ1n) is 9.51. The fourth-order valence-corrected chi connectivity index (χ4v) is 6.26. The lowest BCUT2D eigenvalue weighted by atomic mass is 9.92. The Hall–Kier alpha value is -1.97. The van der Waals surface area contributed by atoms with E-state index in [-0.39, 0.29) is 13.2 Å². The van der Waals surface area contributed by atoms with Crippen molar-refractivity contribution in [2.45, 2.75) is 50.5 Å². The maximum absolute atomic E-state index is 13.2. The van der Waals surface area contributed by atoms with Gasteiger partial charge in [0.15, 0.2) is 5.13 Å². The lowest BCUT2D eigenvalue weighted by Gasteiger charge is -2.26. The summed E-state index contributed by atoms with van der Waals surface area (Å²) in [5.74, 6) is 0. The summed E-state index contributed by atoms with van der Waals surface area (Å²) in [5.41, 5.74) is 3.26. The van der Waals surface area contributed by atoms with Gasteiger partial charge in [0.2, 0.25) is 10.0 Å². The molecule has 28 heavy (non-hydrogen) atoms. The van der Waals surface area contributed by atoms with Crippen LogP contribution in [0.4, 0.5) is 9.93 Å². The summed E-state index contributed by atoms with van der Waals surface area (Å²) in [5, 5.41) is 3.04. The average molecular weight is 422 g/mol. The van der Waals surface area contributed by atoms with E-state index < -0.39 is 16.1 Å². The van der Waals surface area contributed by atoms with Gasteiger partial charge >= 0.3 is 6.09 Å². The molecule has 0 bridgehead atoms. The molecule has 2 aliphatic rings. The summed E-state index contributed by atoms with van der Waals surface area (Å²) in [6, 6.07) is 5.54. The zero-order valence-electron chi connectivity index (χ0n) is 15.7. The Labute approximate surface area is 168 Å². The predicted octanol–water partition coefficient (Wildman–Crippen LogP) is 3.34. The Kier molecular flexibility index (Phi) is 5.39. The molecule has 0 saturated carbocycles. The normalized spacial score (nSPS) is 16.9. The maximum Gasteiger partial charge on any atom is 0.413 e. The lowest BCUT2D eigenvalue weighted by Crippen LogP contribution is -2.35. The van der Waals surface area contributed by atoms with E-state index in [1.54, 1.807) is 13.0 Å². The molecular formula is C19H23N3O4S2. The summed E-state index contributed by atoms with van der Waals surface area (Å²) in [7, 11) is -3.56. The van der Waals surface area contributed by atoms with Gasteiger partial charge < -0.3 is 4.74 Å². The van der Waals surface area contributed by atoms with Crippen molar-refractivity contribution >= 4 is 32.6 Å². The zero-order chi connectivity index (χ0) is 19.7. The van der Waals surface area contributed by atoms with Crippen LogP contribution >= 0.6 is 11.3 Å². The quantitative estimate of drug-likeness (QED) is 0.818. The lowest BCUT2D eigenvalue weighted by molar-refractivity contribution is 0.168. The van der Waals surface area contributed by atoms with Gasteiger partial charge in [0, 0.05) is 17.8 Å². The minimum atomic E-state index is -3.56. The van der Waals surface area contributed by atoms with Crippen LogP contribution in [0.1, 0.15) is 41.5 Å². The van der Waals surface area contributed by atoms with Gasteiger partial charge in [-0.2, -0.15) is 4.31 Å². The van der Waals surface area contributed by atoms with Crippen LogP contribution < -0.4 is 5.32 Å². The Morgan fingerprint density at radius 2 is 2.04 bits per heavy atom. The van der Waals surface area contributed by atoms with E-state index in [4.69, 9.17) is 4.74 Å². The molecule has 0 unspecified atom stereocenters. The fraction of sp³-hybridized carbons (Fsp3) is 0.474. The van der Waals surface area contributed by atoms with Gasteiger partial charge in [0.05, 0.1) is 23.7 Å². The molecule has 9 heteroatoms. The van der Waals surface area contributed by atoms with Gasteiger partial charge in [-0.05, 0) is 55.9 Å². The molecule has 1 aliphatic carbocycles. The molecule has 1 N–H and O–H groups in total. The van der Waals surface area contributed by atoms with Gasteiger partial charge in [0.25, 0.3) is 0 Å². The number of aryl methyl sites for hydroxylation is 2. The van der Waals surface area contributed by atoms with Crippen LogP contribution in [0.3, 0.4) is 0 Å². The highest BCUT2D eigenvalue weighted by Gasteiger charge is 2.31. The number of hydrogen-bond donors (Lipinski definition) is 1. The van der Waals surface area contributed by atoms with Crippen LogP contribution in [0, 0.1) is 0 Å². The van der Waals surface area contributed by atoms with Crippen LogP contribution in [0.15, 0.2) is 23.1 Å². The van der Waals surface area contributed by atoms with Crippen LogP contribution in [-0.2, 0) is 40.6 Å². The molecule has 7 nitrogen and oxygen atoms in total. The molecule has 2 aromatic rings. The highest BCUT2D eigenvalue weighted by Crippen LogP contribution is 2.32. The predicted molar refractivity (Wildman–Crippen MR) is 107 cm³/mol. The Morgan fingerprint density at radius 1 is 1.25 bits per heavy atom. The van der Waals surface area contributed by atoms with E-state index in [1.165, 1.54) is 27.6 Å². The summed E-state index contributed by atoms with van der Waals surface area (Å²) < 4.78 is 32.7. The molecule has 0 atom stereocenters. The molecule has 0 radical (unpaired) electrons. The van der Waals surface area contributed by atoms with Crippen molar-refractivity contribution in [3.8, 4) is 0 Å². The number of carbonyl (C=O) groups excluding carboxylic acids is 1. The minimum absolute atomic E-state index is 0.275. The molecular weight excluding hydrogens is 398 g/mol. The van der Waals surface area contributed by atoms with Crippen LogP contribution in [0.2, 0.25) is 0 Å². The third-order valence-corrected chi connectivity index (χ3v) is 7.98. The molecule has 2 heterocycles. The van der Waals surface area contributed by atoms with Crippen molar-refractivity contribution in [3.63, 3.8) is 0 Å². The first-order valence-corrected chi connectivity index (χ1v) is 11.8. The number of hydrogen-bond acceptors (Lipinski definition) is 6. The second-order valence-electron chi connectivity index (χ2n) is 6.96. The summed E-state index contributed by atoms with van der Waals surface area (Å²) >= 11 is 1.30. The largest absolute Gasteiger partial charge is 0.450 e. The van der Waals surface area contributed by atoms with Crippen molar-refractivity contribution in [3.05, 3.63) is 39.9 Å². The Bertz CT molecular complexity index is 1000. The number of anilines is 1. The van der Waals surface area contributed by atoms with Crippen molar-refractivity contribution < 1.29 is 17.9 Å². The molecule has 1 aliphatic heterocycles. The van der Waals surface area contributed by atoms with Crippen LogP contribution in [0.25, 0.3) is 0 Å². The van der Waals surface area contributed by atoms with Crippen molar-refractivity contribution in [2.75, 3.05) is 18.5 Å². The summed E-state index contributed by atoms with van der Waals surface area (Å²) in [6.45, 7) is 2.67. The van der Waals surface area contributed by atoms with Gasteiger partial charge in [-0.1, -0.05) is 17.4 Å². The minimum Gasteiger partial charge on any atom is -0.450 e. The van der Waals surface area contributed by atoms with Gasteiger partial charge in [-0.3, -0.25) is 5.32 Å². The van der Waals surface area contributed by atoms with E-state index in [0.717, 1.165) is 35.4 Å². The fourth-order valence-electron chi connectivity index (χ4n) is 3.70. The number of sulfonamides is 1. The Balaban J connectivity index is 1.53. The zero-order valence-corrected chi connectivity index (χ0v) is 17.4. The summed E-state index contributed by atoms with van der Waals surface area (Å²) in [6.07, 6.45) is 4.23. The first-order chi connectivity index (χ1) is 13.5. The number of fused-ring (bicyclic) bond motifs is 2. The molecule has 0 fully saturated rings. The maximum atomic E-state index is 13.2. The number of nitrogens with zero attached hydrogens (tertiary/aromatic N) is 2. The van der Waals surface area contributed by atoms with E-state index in [9.17, 15) is 13.2 Å². The topological polar surface area (TPSA) is 88.6 Å². The van der Waals surface area contributed by atoms with Crippen LogP contribution in [-0.4, -0.2) is 37.0 Å². The molecule has 0 saturated heterocycles. The van der Waals surface area contributed by atoms with Gasteiger partial charge in [-0.15, -0.1) is 0 Å². The third-order valence-electron chi connectivity index (χ3n) is 5.14. The monoisotopic (exact) mass is 421 g/mol. The number of thiazole rings is 1. The average Bonchev–Trinajstić information content (AvgIpc) is 3.09. The smallest absolute Gasteiger partial charge is 0.413 e. The van der Waals surface area contributed by atoms with E-state index in [1.807, 2.05) is 12.1 Å². The third kappa shape index (κ3) is 3.78. The van der Waals surface area contributed by atoms with Crippen molar-refractivity contribution in [1.82, 2.24) is 9.29 Å². The molecule has 1 aromatic carbocycles. The second-order valence-corrected chi connectivity index (χ2v) is 9.98. The number of benzene rings is 1. The highest BCUT2D eigenvalue weighted by molar-refractivity contribution is 7.89. The van der Waals surface area contributed by atoms with Crippen molar-refractivity contribution in [1.29, 1.82) is 0 Å². The van der Waals surface area contributed by atoms with Gasteiger partial charge in [-0.25, -0.2) is 18.2 Å². The number of aromatic nitrogens is 1. The van der Waals surface area contributed by atoms with Crippen molar-refractivity contribution in [2.24, 2.45) is 0 Å². The standard InChI is InChI=1S/C19H23N3O4S2/c1-2-26-19(23)21-18-20-16-9-10-22(12-17(16)27-18)28(24,25)15-8-7-13-5-3-4-6-14(13)11-15/h7-8,11H,2-6,9-10,12H2,1H3,(H,20,21,23). The highest BCUT2D eigenvalue weighted by atomic mass is 32.2. The SMILES string of the molecule is CCOC(=O)Nc1nc2c(s1)CN(S(=O)(=O)c1ccc3c(c1)CCCC3)CC2.